The number of nitrogens with one attached hydrogen (secondary N) is 13. The molecule has 0 spiro atoms. The number of benzene rings is 1. The second kappa shape index (κ2) is 57.0. The van der Waals surface area contributed by atoms with E-state index >= 15 is 0 Å². The number of hydrogen-bond acceptors (Lipinski definition) is 25. The van der Waals surface area contributed by atoms with Gasteiger partial charge in [0.05, 0.1) is 31.5 Å². The molecule has 1 aromatic rings. The van der Waals surface area contributed by atoms with E-state index in [0.717, 1.165) is 0 Å². The number of aliphatic hydroxyl groups is 1. The number of carbonyl (C=O) groups is 17. The van der Waals surface area contributed by atoms with Gasteiger partial charge in [0, 0.05) is 31.7 Å². The molecule has 0 bridgehead atoms. The summed E-state index contributed by atoms with van der Waals surface area (Å²) in [4.78, 5) is 239. The van der Waals surface area contributed by atoms with E-state index in [1.54, 1.807) is 27.7 Å². The molecule has 0 aliphatic heterocycles. The lowest BCUT2D eigenvalue weighted by Gasteiger charge is -2.30. The SMILES string of the molecule is CCCC[C@H](NC(=O)[C@H](CCC(N)=O)NC(=O)[C@H](Cc1ccc(O)cc1)NC(=O)[C@H](CCCN=C(N)N)NC(=O)[C@H](CC(=O)O)NC(=O)[C@@H](NC(=O)[C@@H](NC(=O)[C@@H](N)CCCCN)[C@@H](C)O)[C@@H](C)CC)C(=O)NCC(=O)N[C@@H](CCCCN)C(=O)N[C@H](CS)C(=O)N[C@@H](CCCN=C(N)N)C(=O)N[C@H](C(=O)N[C@H](CC(=O)O)C(=O)O)[C@@H](C)CC. The van der Waals surface area contributed by atoms with Crippen LogP contribution in [0.5, 0.6) is 5.75 Å². The first kappa shape index (κ1) is 106. The number of aliphatic carboxylic acids is 3. The Morgan fingerprint density at radius 2 is 0.790 bits per heavy atom. The van der Waals surface area contributed by atoms with Gasteiger partial charge in [-0.25, -0.2) is 4.79 Å². The number of aromatic hydroxyl groups is 1. The van der Waals surface area contributed by atoms with Crippen LogP contribution in [0.25, 0.3) is 0 Å². The minimum Gasteiger partial charge on any atom is -0.508 e. The number of carbonyl (C=O) groups excluding carboxylic acids is 14. The maximum atomic E-state index is 14.8. The van der Waals surface area contributed by atoms with Crippen LogP contribution in [0.4, 0.5) is 0 Å². The van der Waals surface area contributed by atoms with E-state index in [0.29, 0.717) is 32.2 Å². The number of aliphatic imine (C=N–C) groups is 2. The molecular weight excluding hydrogens is 1580 g/mol. The molecule has 0 heterocycles. The van der Waals surface area contributed by atoms with E-state index in [1.165, 1.54) is 38.1 Å². The highest BCUT2D eigenvalue weighted by Gasteiger charge is 2.40. The molecule has 670 valence electrons. The standard InChI is InChI=1S/C73H125N23O22S/c1-7-10-18-43(60(106)84-35-53(100)85-44(19-12-14-29-75)61(107)93-51(36-119)67(113)88-46(21-16-31-83-73(80)81)64(110)94-56(37(4)8-2)69(115)92-50(71(117)118)34-55(103)104)86-63(109)47(26-27-52(77)99)89-65(111)48(32-40-22-24-41(98)25-23-40)90-62(108)45(20-15-30-82-72(78)79)87-66(112)49(33-54(101)102)91-68(114)57(38(5)9-3)95-70(116)58(39(6)97)96-59(105)42(76)17-11-13-28-74/h22-25,37-39,42-51,56-58,97-98,119H,7-21,26-36,74-76H2,1-6H3,(H2,77,99)(H,84,106)(H,85,100)(H,86,109)(H,87,112)(H,88,113)(H,89,111)(H,90,108)(H,91,114)(H,92,115)(H,93,107)(H,94,110)(H,95,116)(H,96,105)(H,101,102)(H,103,104)(H,117,118)(H4,78,79,82)(H4,80,81,83)/t37-,38-,39+,42-,43-,44-,45-,46-,47-,48-,49-,50+,51+,56-,57-,58-/m0/s1. The van der Waals surface area contributed by atoms with Crippen LogP contribution in [0.2, 0.25) is 0 Å². The van der Waals surface area contributed by atoms with Crippen molar-refractivity contribution in [1.29, 1.82) is 0 Å². The highest BCUT2D eigenvalue weighted by atomic mass is 32.1. The summed E-state index contributed by atoms with van der Waals surface area (Å²) in [6.45, 7) is 8.76. The molecule has 0 unspecified atom stereocenters. The highest BCUT2D eigenvalue weighted by molar-refractivity contribution is 7.80. The number of phenols is 1. The van der Waals surface area contributed by atoms with Crippen molar-refractivity contribution in [3.8, 4) is 5.75 Å². The third-order valence-corrected chi connectivity index (χ3v) is 19.1. The average molecular weight is 1710 g/mol. The Balaban J connectivity index is 3.74. The second-order valence-corrected chi connectivity index (χ2v) is 29.0. The van der Waals surface area contributed by atoms with Crippen molar-refractivity contribution >= 4 is 125 Å². The Bertz CT molecular complexity index is 3590. The van der Waals surface area contributed by atoms with Gasteiger partial charge in [0.1, 0.15) is 78.3 Å². The lowest BCUT2D eigenvalue weighted by Crippen LogP contribution is -2.62. The number of phenolic OH excluding ortho intramolecular Hbond substituents is 1. The van der Waals surface area contributed by atoms with Crippen LogP contribution in [-0.4, -0.2) is 261 Å². The zero-order chi connectivity index (χ0) is 90.2. The number of primary amides is 1. The third-order valence-electron chi connectivity index (χ3n) is 18.8. The number of amides is 14. The first-order valence-electron chi connectivity index (χ1n) is 39.3. The van der Waals surface area contributed by atoms with E-state index in [1.807, 2.05) is 0 Å². The van der Waals surface area contributed by atoms with Crippen molar-refractivity contribution in [3.05, 3.63) is 29.8 Å². The molecule has 0 aliphatic rings. The van der Waals surface area contributed by atoms with Crippen LogP contribution < -0.4 is 115 Å². The summed E-state index contributed by atoms with van der Waals surface area (Å²) in [5.74, 6) is -22.0. The summed E-state index contributed by atoms with van der Waals surface area (Å²) in [5, 5.41) is 81.4. The molecule has 16 atom stereocenters. The van der Waals surface area contributed by atoms with E-state index in [2.05, 4.69) is 91.7 Å². The van der Waals surface area contributed by atoms with Crippen LogP contribution in [-0.2, 0) is 87.9 Å². The van der Waals surface area contributed by atoms with Crippen molar-refractivity contribution in [3.63, 3.8) is 0 Å². The monoisotopic (exact) mass is 1710 g/mol. The number of aliphatic hydroxyl groups excluding tert-OH is 1. The summed E-state index contributed by atoms with van der Waals surface area (Å²) < 4.78 is 0. The topological polar surface area (TPSA) is 781 Å². The average Bonchev–Trinajstić information content (AvgIpc) is 0.850. The van der Waals surface area contributed by atoms with Gasteiger partial charge < -0.3 is 141 Å². The van der Waals surface area contributed by atoms with Gasteiger partial charge in [-0.2, -0.15) is 12.6 Å². The van der Waals surface area contributed by atoms with Crippen molar-refractivity contribution in [2.24, 2.45) is 67.7 Å². The summed E-state index contributed by atoms with van der Waals surface area (Å²) in [5.41, 5.74) is 45.2. The third kappa shape index (κ3) is 42.1. The lowest BCUT2D eigenvalue weighted by atomic mass is 9.96. The molecule has 0 radical (unpaired) electrons. The fraction of sp³-hybridized carbons (Fsp3) is 0.658. The first-order chi connectivity index (χ1) is 56.1. The quantitative estimate of drug-likeness (QED) is 0.0125. The summed E-state index contributed by atoms with van der Waals surface area (Å²) in [6.07, 6.45) is -3.03. The first-order valence-corrected chi connectivity index (χ1v) is 39.9. The summed E-state index contributed by atoms with van der Waals surface area (Å²) >= 11 is 4.26. The molecule has 14 amide bonds. The predicted octanol–water partition coefficient (Wildman–Crippen LogP) is -7.55. The van der Waals surface area contributed by atoms with Gasteiger partial charge in [-0.1, -0.05) is 78.9 Å². The predicted molar refractivity (Wildman–Crippen MR) is 436 cm³/mol. The van der Waals surface area contributed by atoms with Gasteiger partial charge in [0.25, 0.3) is 0 Å². The minimum absolute atomic E-state index is 0.0466. The van der Waals surface area contributed by atoms with Crippen LogP contribution >= 0.6 is 12.6 Å². The number of thiol groups is 1. The molecule has 34 N–H and O–H groups in total. The second-order valence-electron chi connectivity index (χ2n) is 28.6. The van der Waals surface area contributed by atoms with Gasteiger partial charge in [-0.3, -0.25) is 86.7 Å². The van der Waals surface area contributed by atoms with Crippen LogP contribution in [0, 0.1) is 11.8 Å². The van der Waals surface area contributed by atoms with Crippen LogP contribution in [0.3, 0.4) is 0 Å². The number of nitrogens with two attached hydrogens (primary N) is 8. The van der Waals surface area contributed by atoms with E-state index in [4.69, 9.17) is 45.9 Å². The Morgan fingerprint density at radius 1 is 0.420 bits per heavy atom. The maximum Gasteiger partial charge on any atom is 0.326 e. The number of carboxylic acid groups (broad SMARTS) is 3. The minimum atomic E-state index is -2.00. The van der Waals surface area contributed by atoms with Gasteiger partial charge in [-0.05, 0) is 120 Å². The molecule has 0 aliphatic carbocycles. The number of rotatable bonds is 61. The molecule has 1 aromatic carbocycles. The maximum absolute atomic E-state index is 14.8. The summed E-state index contributed by atoms with van der Waals surface area (Å²) in [6, 6.07) is -15.6. The molecule has 0 saturated carbocycles. The molecular formula is C73H125N23O22S. The highest BCUT2D eigenvalue weighted by Crippen LogP contribution is 2.17. The molecule has 0 aromatic heterocycles. The Kier molecular flexibility index (Phi) is 50.6. The number of hydrogen-bond donors (Lipinski definition) is 27. The van der Waals surface area contributed by atoms with Crippen molar-refractivity contribution in [1.82, 2.24) is 69.1 Å². The Morgan fingerprint density at radius 3 is 1.24 bits per heavy atom. The molecule has 0 fully saturated rings. The van der Waals surface area contributed by atoms with Gasteiger partial charge >= 0.3 is 17.9 Å². The Labute approximate surface area is 694 Å². The van der Waals surface area contributed by atoms with E-state index in [-0.39, 0.29) is 113 Å². The van der Waals surface area contributed by atoms with Crippen molar-refractivity contribution in [2.45, 2.75) is 255 Å². The van der Waals surface area contributed by atoms with Crippen molar-refractivity contribution in [2.75, 3.05) is 38.5 Å². The number of carboxylic acids is 3. The number of nitrogens with zero attached hydrogens (tertiary/aromatic N) is 2. The lowest BCUT2D eigenvalue weighted by molar-refractivity contribution is -0.147. The molecule has 1 rings (SSSR count). The fourth-order valence-electron chi connectivity index (χ4n) is 11.5. The van der Waals surface area contributed by atoms with E-state index < -0.39 is 241 Å². The van der Waals surface area contributed by atoms with Crippen molar-refractivity contribution < 1.29 is 107 Å². The fourth-order valence-corrected chi connectivity index (χ4v) is 11.7. The van der Waals surface area contributed by atoms with Gasteiger partial charge in [0.15, 0.2) is 11.9 Å². The molecule has 119 heavy (non-hydrogen) atoms. The molecule has 46 heteroatoms. The largest absolute Gasteiger partial charge is 0.508 e. The van der Waals surface area contributed by atoms with Gasteiger partial charge in [-0.15, -0.1) is 0 Å². The smallest absolute Gasteiger partial charge is 0.326 e. The molecule has 45 nitrogen and oxygen atoms in total. The number of guanidine groups is 2. The normalized spacial score (nSPS) is 15.1. The van der Waals surface area contributed by atoms with E-state index in [9.17, 15) is 107 Å². The number of unbranched alkanes of at least 4 members (excludes halogenated alkanes) is 3. The Hall–Kier alpha value is -11.3. The van der Waals surface area contributed by atoms with Crippen LogP contribution in [0.15, 0.2) is 34.3 Å². The molecule has 0 saturated heterocycles. The van der Waals surface area contributed by atoms with Gasteiger partial charge in [0.2, 0.25) is 82.7 Å². The van der Waals surface area contributed by atoms with Crippen LogP contribution in [0.1, 0.15) is 169 Å². The summed E-state index contributed by atoms with van der Waals surface area (Å²) in [7, 11) is 0. The zero-order valence-corrected chi connectivity index (χ0v) is 69.0. The zero-order valence-electron chi connectivity index (χ0n) is 68.1.